The Morgan fingerprint density at radius 2 is 2.21 bits per heavy atom. The van der Waals surface area contributed by atoms with Crippen LogP contribution in [0.4, 0.5) is 11.5 Å². The molecule has 0 spiro atoms. The molecular formula is C16H17N5O3. The lowest BCUT2D eigenvalue weighted by molar-refractivity contribution is 0.0802. The van der Waals surface area contributed by atoms with Crippen LogP contribution in [0.1, 0.15) is 10.4 Å². The monoisotopic (exact) mass is 327 g/mol. The van der Waals surface area contributed by atoms with Gasteiger partial charge < -0.3 is 20.8 Å². The van der Waals surface area contributed by atoms with Crippen molar-refractivity contribution in [3.8, 4) is 0 Å². The van der Waals surface area contributed by atoms with Crippen molar-refractivity contribution in [3.63, 3.8) is 0 Å². The van der Waals surface area contributed by atoms with Crippen LogP contribution in [0.3, 0.4) is 0 Å². The Labute approximate surface area is 137 Å². The van der Waals surface area contributed by atoms with Crippen molar-refractivity contribution in [2.75, 3.05) is 18.5 Å². The van der Waals surface area contributed by atoms with Gasteiger partial charge in [-0.2, -0.15) is 5.10 Å². The minimum absolute atomic E-state index is 0.0371. The van der Waals surface area contributed by atoms with Gasteiger partial charge in [-0.25, -0.2) is 4.98 Å². The molecule has 0 bridgehead atoms. The van der Waals surface area contributed by atoms with Gasteiger partial charge in [0.15, 0.2) is 0 Å². The van der Waals surface area contributed by atoms with Crippen LogP contribution in [0.15, 0.2) is 42.7 Å². The van der Waals surface area contributed by atoms with Crippen LogP contribution in [-0.4, -0.2) is 50.6 Å². The zero-order valence-electron chi connectivity index (χ0n) is 12.7. The molecule has 0 fully saturated rings. The second-order valence-electron chi connectivity index (χ2n) is 5.24. The van der Waals surface area contributed by atoms with E-state index in [4.69, 9.17) is 5.11 Å². The van der Waals surface area contributed by atoms with Crippen LogP contribution in [0.5, 0.6) is 0 Å². The SMILES string of the molecule is O=C(NC[C@H](O)CO)c1cccnc1Nc1ccc2[nH]ncc2c1. The molecule has 124 valence electrons. The molecule has 1 atom stereocenters. The first-order chi connectivity index (χ1) is 11.7. The van der Waals surface area contributed by atoms with Crippen molar-refractivity contribution in [1.82, 2.24) is 20.5 Å². The lowest BCUT2D eigenvalue weighted by Gasteiger charge is -2.12. The molecule has 0 saturated carbocycles. The summed E-state index contributed by atoms with van der Waals surface area (Å²) in [5.74, 6) is 0.0128. The Bertz CT molecular complexity index is 848. The van der Waals surface area contributed by atoms with E-state index in [1.54, 1.807) is 24.5 Å². The number of anilines is 2. The predicted octanol–water partition coefficient (Wildman–Crippen LogP) is 0.784. The molecule has 2 heterocycles. The van der Waals surface area contributed by atoms with Gasteiger partial charge in [0.1, 0.15) is 5.82 Å². The second-order valence-corrected chi connectivity index (χ2v) is 5.24. The normalized spacial score (nSPS) is 12.1. The van der Waals surface area contributed by atoms with Gasteiger partial charge in [-0.05, 0) is 30.3 Å². The van der Waals surface area contributed by atoms with Gasteiger partial charge in [0.25, 0.3) is 5.91 Å². The van der Waals surface area contributed by atoms with Crippen molar-refractivity contribution < 1.29 is 15.0 Å². The van der Waals surface area contributed by atoms with Gasteiger partial charge in [-0.15, -0.1) is 0 Å². The Kier molecular flexibility index (Phi) is 4.69. The Morgan fingerprint density at radius 1 is 1.33 bits per heavy atom. The van der Waals surface area contributed by atoms with Crippen molar-refractivity contribution in [1.29, 1.82) is 0 Å². The number of aliphatic hydroxyl groups is 2. The highest BCUT2D eigenvalue weighted by Gasteiger charge is 2.14. The van der Waals surface area contributed by atoms with E-state index in [2.05, 4.69) is 25.8 Å². The van der Waals surface area contributed by atoms with Crippen LogP contribution >= 0.6 is 0 Å². The molecule has 0 radical (unpaired) electrons. The smallest absolute Gasteiger partial charge is 0.255 e. The molecule has 3 rings (SSSR count). The molecule has 0 unspecified atom stereocenters. The summed E-state index contributed by atoms with van der Waals surface area (Å²) in [6, 6.07) is 8.91. The van der Waals surface area contributed by atoms with E-state index >= 15 is 0 Å². The first-order valence-corrected chi connectivity index (χ1v) is 7.39. The van der Waals surface area contributed by atoms with Gasteiger partial charge in [0.05, 0.1) is 30.0 Å². The van der Waals surface area contributed by atoms with Gasteiger partial charge in [0.2, 0.25) is 0 Å². The highest BCUT2D eigenvalue weighted by molar-refractivity contribution is 5.99. The fourth-order valence-corrected chi connectivity index (χ4v) is 2.22. The third-order valence-corrected chi connectivity index (χ3v) is 3.46. The van der Waals surface area contributed by atoms with E-state index in [0.717, 1.165) is 16.6 Å². The number of aromatic nitrogens is 3. The summed E-state index contributed by atoms with van der Waals surface area (Å²) in [6.45, 7) is -0.451. The zero-order valence-corrected chi connectivity index (χ0v) is 12.7. The summed E-state index contributed by atoms with van der Waals surface area (Å²) >= 11 is 0. The molecule has 2 aromatic heterocycles. The molecule has 5 N–H and O–H groups in total. The molecule has 0 aliphatic rings. The number of fused-ring (bicyclic) bond motifs is 1. The van der Waals surface area contributed by atoms with Gasteiger partial charge in [-0.3, -0.25) is 9.89 Å². The number of hydrogen-bond acceptors (Lipinski definition) is 6. The third-order valence-electron chi connectivity index (χ3n) is 3.46. The number of aromatic amines is 1. The van der Waals surface area contributed by atoms with Crippen LogP contribution in [0, 0.1) is 0 Å². The zero-order chi connectivity index (χ0) is 16.9. The second kappa shape index (κ2) is 7.07. The lowest BCUT2D eigenvalue weighted by Crippen LogP contribution is -2.34. The highest BCUT2D eigenvalue weighted by Crippen LogP contribution is 2.22. The highest BCUT2D eigenvalue weighted by atomic mass is 16.3. The number of rotatable bonds is 6. The number of hydrogen-bond donors (Lipinski definition) is 5. The molecule has 24 heavy (non-hydrogen) atoms. The van der Waals surface area contributed by atoms with E-state index in [1.165, 1.54) is 0 Å². The van der Waals surface area contributed by atoms with E-state index in [-0.39, 0.29) is 12.5 Å². The van der Waals surface area contributed by atoms with E-state index < -0.39 is 12.7 Å². The average Bonchev–Trinajstić information content (AvgIpc) is 3.07. The lowest BCUT2D eigenvalue weighted by atomic mass is 10.2. The molecule has 1 aromatic carbocycles. The number of H-pyrrole nitrogens is 1. The average molecular weight is 327 g/mol. The maximum atomic E-state index is 12.2. The number of benzene rings is 1. The molecule has 8 heteroatoms. The third kappa shape index (κ3) is 3.50. The number of aliphatic hydroxyl groups excluding tert-OH is 2. The Hall–Kier alpha value is -2.97. The molecule has 0 aliphatic carbocycles. The molecule has 3 aromatic rings. The fourth-order valence-electron chi connectivity index (χ4n) is 2.22. The van der Waals surface area contributed by atoms with E-state index in [1.807, 2.05) is 18.2 Å². The Morgan fingerprint density at radius 3 is 3.04 bits per heavy atom. The summed E-state index contributed by atoms with van der Waals surface area (Å²) in [4.78, 5) is 16.5. The van der Waals surface area contributed by atoms with Crippen LogP contribution in [0.25, 0.3) is 10.9 Å². The standard InChI is InChI=1S/C16H17N5O3/c22-9-12(23)8-18-16(24)13-2-1-5-17-15(13)20-11-3-4-14-10(6-11)7-19-21-14/h1-7,12,22-23H,8-9H2,(H,17,20)(H,18,24)(H,19,21)/t12-/m0/s1. The quantitative estimate of drug-likeness (QED) is 0.456. The summed E-state index contributed by atoms with van der Waals surface area (Å²) in [5, 5.41) is 31.6. The largest absolute Gasteiger partial charge is 0.394 e. The van der Waals surface area contributed by atoms with Crippen molar-refractivity contribution in [3.05, 3.63) is 48.3 Å². The summed E-state index contributed by atoms with van der Waals surface area (Å²) < 4.78 is 0. The minimum atomic E-state index is -0.995. The maximum Gasteiger partial charge on any atom is 0.255 e. The molecular weight excluding hydrogens is 310 g/mol. The predicted molar refractivity (Wildman–Crippen MR) is 89.0 cm³/mol. The first-order valence-electron chi connectivity index (χ1n) is 7.39. The fraction of sp³-hybridized carbons (Fsp3) is 0.188. The maximum absolute atomic E-state index is 12.2. The minimum Gasteiger partial charge on any atom is -0.394 e. The van der Waals surface area contributed by atoms with Crippen molar-refractivity contribution >= 4 is 28.3 Å². The summed E-state index contributed by atoms with van der Waals surface area (Å²) in [6.07, 6.45) is 2.30. The van der Waals surface area contributed by atoms with Crippen LogP contribution in [-0.2, 0) is 0 Å². The topological polar surface area (TPSA) is 123 Å². The number of carbonyl (C=O) groups is 1. The number of nitrogens with one attached hydrogen (secondary N) is 3. The van der Waals surface area contributed by atoms with E-state index in [0.29, 0.717) is 11.4 Å². The van der Waals surface area contributed by atoms with Crippen LogP contribution in [0.2, 0.25) is 0 Å². The number of amides is 1. The van der Waals surface area contributed by atoms with Crippen molar-refractivity contribution in [2.45, 2.75) is 6.10 Å². The van der Waals surface area contributed by atoms with E-state index in [9.17, 15) is 9.90 Å². The van der Waals surface area contributed by atoms with Crippen molar-refractivity contribution in [2.24, 2.45) is 0 Å². The number of pyridine rings is 1. The molecule has 1 amide bonds. The number of carbonyl (C=O) groups excluding carboxylic acids is 1. The Balaban J connectivity index is 1.79. The molecule has 0 aliphatic heterocycles. The summed E-state index contributed by atoms with van der Waals surface area (Å²) in [5.41, 5.74) is 2.03. The number of nitrogens with zero attached hydrogens (tertiary/aromatic N) is 2. The van der Waals surface area contributed by atoms with Crippen LogP contribution < -0.4 is 10.6 Å². The van der Waals surface area contributed by atoms with Gasteiger partial charge >= 0.3 is 0 Å². The molecule has 0 saturated heterocycles. The van der Waals surface area contributed by atoms with Gasteiger partial charge in [0, 0.05) is 23.8 Å². The first kappa shape index (κ1) is 15.9. The molecule has 8 nitrogen and oxygen atoms in total. The van der Waals surface area contributed by atoms with Gasteiger partial charge in [-0.1, -0.05) is 0 Å². The summed E-state index contributed by atoms with van der Waals surface area (Å²) in [7, 11) is 0.